The fourth-order valence-corrected chi connectivity index (χ4v) is 3.71. The lowest BCUT2D eigenvalue weighted by Gasteiger charge is -2.28. The number of benzene rings is 2. The van der Waals surface area contributed by atoms with E-state index in [1.807, 2.05) is 24.3 Å². The van der Waals surface area contributed by atoms with Crippen LogP contribution in [0.25, 0.3) is 0 Å². The van der Waals surface area contributed by atoms with E-state index in [0.717, 1.165) is 37.2 Å². The summed E-state index contributed by atoms with van der Waals surface area (Å²) in [5.41, 5.74) is 1.52. The maximum absolute atomic E-state index is 12.7. The minimum Gasteiger partial charge on any atom is -0.497 e. The molecule has 1 N–H and O–H groups in total. The number of likely N-dealkylation sites (tertiary alicyclic amines) is 1. The number of nitrogens with zero attached hydrogens (tertiary/aromatic N) is 2. The number of carbonyl (C=O) groups is 1. The molecule has 0 bridgehead atoms. The largest absolute Gasteiger partial charge is 0.497 e. The van der Waals surface area contributed by atoms with Gasteiger partial charge in [-0.3, -0.25) is 19.8 Å². The molecule has 7 heteroatoms. The third-order valence-corrected chi connectivity index (χ3v) is 5.20. The third-order valence-electron chi connectivity index (χ3n) is 5.20. The van der Waals surface area contributed by atoms with Gasteiger partial charge in [-0.1, -0.05) is 24.3 Å². The molecule has 3 rings (SSSR count). The molecule has 0 aromatic heterocycles. The molecule has 28 heavy (non-hydrogen) atoms. The summed E-state index contributed by atoms with van der Waals surface area (Å²) in [5, 5.41) is 14.3. The number of carbonyl (C=O) groups excluding carboxylic acids is 1. The fraction of sp³-hybridized carbons (Fsp3) is 0.381. The average Bonchev–Trinajstić information content (AvgIpc) is 3.22. The summed E-state index contributed by atoms with van der Waals surface area (Å²) in [4.78, 5) is 25.9. The molecule has 1 atom stereocenters. The number of nitrogens with one attached hydrogen (secondary N) is 1. The lowest BCUT2D eigenvalue weighted by molar-refractivity contribution is -0.385. The molecular formula is C21H25N3O4. The number of aryl methyl sites for hydroxylation is 1. The van der Waals surface area contributed by atoms with Gasteiger partial charge in [-0.25, -0.2) is 0 Å². The van der Waals surface area contributed by atoms with Gasteiger partial charge in [0.15, 0.2) is 0 Å². The molecule has 2 aromatic carbocycles. The van der Waals surface area contributed by atoms with Crippen LogP contribution in [0.3, 0.4) is 0 Å². The summed E-state index contributed by atoms with van der Waals surface area (Å²) in [6.45, 7) is 3.96. The van der Waals surface area contributed by atoms with E-state index in [4.69, 9.17) is 4.74 Å². The number of hydrogen-bond acceptors (Lipinski definition) is 5. The van der Waals surface area contributed by atoms with Crippen LogP contribution >= 0.6 is 0 Å². The zero-order valence-electron chi connectivity index (χ0n) is 16.2. The standard InChI is InChI=1S/C21H25N3O4/c1-15-6-5-7-18(20(15)24(26)27)21(25)22-14-19(23-12-3-4-13-23)16-8-10-17(28-2)11-9-16/h5-11,19H,3-4,12-14H2,1-2H3,(H,22,25)/t19-/m0/s1. The Hall–Kier alpha value is -2.93. The second-order valence-corrected chi connectivity index (χ2v) is 6.97. The van der Waals surface area contributed by atoms with Gasteiger partial charge in [-0.2, -0.15) is 0 Å². The van der Waals surface area contributed by atoms with E-state index in [2.05, 4.69) is 10.2 Å². The summed E-state index contributed by atoms with van der Waals surface area (Å²) in [5.74, 6) is 0.358. The molecule has 148 valence electrons. The Bertz CT molecular complexity index is 845. The number of methoxy groups -OCH3 is 1. The zero-order valence-corrected chi connectivity index (χ0v) is 16.2. The number of amides is 1. The average molecular weight is 383 g/mol. The SMILES string of the molecule is COc1ccc([C@H](CNC(=O)c2cccc(C)c2[N+](=O)[O-])N2CCCC2)cc1. The van der Waals surface area contributed by atoms with Crippen LogP contribution in [0, 0.1) is 17.0 Å². The molecule has 1 heterocycles. The number of rotatable bonds is 7. The molecule has 7 nitrogen and oxygen atoms in total. The van der Waals surface area contributed by atoms with Gasteiger partial charge in [0.05, 0.1) is 18.1 Å². The molecule has 0 aliphatic carbocycles. The quantitative estimate of drug-likeness (QED) is 0.584. The van der Waals surface area contributed by atoms with Crippen molar-refractivity contribution in [2.24, 2.45) is 0 Å². The first-order valence-electron chi connectivity index (χ1n) is 9.41. The molecule has 0 saturated carbocycles. The number of hydrogen-bond donors (Lipinski definition) is 1. The Morgan fingerprint density at radius 3 is 2.50 bits per heavy atom. The van der Waals surface area contributed by atoms with Crippen LogP contribution in [0.5, 0.6) is 5.75 Å². The summed E-state index contributed by atoms with van der Waals surface area (Å²) >= 11 is 0. The Balaban J connectivity index is 1.79. The molecule has 1 saturated heterocycles. The topological polar surface area (TPSA) is 84.7 Å². The predicted molar refractivity (Wildman–Crippen MR) is 107 cm³/mol. The van der Waals surface area contributed by atoms with E-state index < -0.39 is 10.8 Å². The van der Waals surface area contributed by atoms with Gasteiger partial charge >= 0.3 is 0 Å². The smallest absolute Gasteiger partial charge is 0.285 e. The van der Waals surface area contributed by atoms with E-state index in [1.165, 1.54) is 6.07 Å². The van der Waals surface area contributed by atoms with Crippen LogP contribution in [0.15, 0.2) is 42.5 Å². The second kappa shape index (κ2) is 8.84. The van der Waals surface area contributed by atoms with Gasteiger partial charge in [0.2, 0.25) is 0 Å². The number of para-hydroxylation sites is 1. The first-order valence-corrected chi connectivity index (χ1v) is 9.41. The van der Waals surface area contributed by atoms with Crippen LogP contribution in [-0.2, 0) is 0 Å². The van der Waals surface area contributed by atoms with Crippen LogP contribution in [0.1, 0.15) is 40.4 Å². The summed E-state index contributed by atoms with van der Waals surface area (Å²) in [6.07, 6.45) is 2.26. The zero-order chi connectivity index (χ0) is 20.1. The summed E-state index contributed by atoms with van der Waals surface area (Å²) in [6, 6.07) is 12.6. The van der Waals surface area contributed by atoms with Crippen molar-refractivity contribution in [3.8, 4) is 5.75 Å². The highest BCUT2D eigenvalue weighted by Crippen LogP contribution is 2.27. The first kappa shape index (κ1) is 19.8. The van der Waals surface area contributed by atoms with E-state index >= 15 is 0 Å². The number of ether oxygens (including phenoxy) is 1. The molecule has 1 aliphatic heterocycles. The molecule has 1 fully saturated rings. The van der Waals surface area contributed by atoms with Crippen molar-refractivity contribution >= 4 is 11.6 Å². The van der Waals surface area contributed by atoms with E-state index in [9.17, 15) is 14.9 Å². The highest BCUT2D eigenvalue weighted by molar-refractivity contribution is 5.98. The van der Waals surface area contributed by atoms with Crippen molar-refractivity contribution < 1.29 is 14.5 Å². The molecule has 0 unspecified atom stereocenters. The van der Waals surface area contributed by atoms with Crippen molar-refractivity contribution in [1.29, 1.82) is 0 Å². The predicted octanol–water partition coefficient (Wildman–Crippen LogP) is 3.48. The third kappa shape index (κ3) is 4.31. The van der Waals surface area contributed by atoms with E-state index in [0.29, 0.717) is 12.1 Å². The Kier molecular flexibility index (Phi) is 6.26. The van der Waals surface area contributed by atoms with Crippen molar-refractivity contribution in [3.63, 3.8) is 0 Å². The van der Waals surface area contributed by atoms with E-state index in [1.54, 1.807) is 26.2 Å². The van der Waals surface area contributed by atoms with Crippen molar-refractivity contribution in [3.05, 3.63) is 69.3 Å². The molecule has 0 spiro atoms. The highest BCUT2D eigenvalue weighted by atomic mass is 16.6. The van der Waals surface area contributed by atoms with Gasteiger partial charge in [-0.05, 0) is 56.6 Å². The van der Waals surface area contributed by atoms with Crippen molar-refractivity contribution in [1.82, 2.24) is 10.2 Å². The maximum Gasteiger partial charge on any atom is 0.285 e. The summed E-state index contributed by atoms with van der Waals surface area (Å²) in [7, 11) is 1.63. The molecule has 1 aliphatic rings. The fourth-order valence-electron chi connectivity index (χ4n) is 3.71. The molecule has 1 amide bonds. The molecular weight excluding hydrogens is 358 g/mol. The lowest BCUT2D eigenvalue weighted by atomic mass is 10.0. The highest BCUT2D eigenvalue weighted by Gasteiger charge is 2.26. The minimum absolute atomic E-state index is 0.0150. The second-order valence-electron chi connectivity index (χ2n) is 6.97. The minimum atomic E-state index is -0.494. The molecule has 0 radical (unpaired) electrons. The number of nitro groups is 1. The summed E-state index contributed by atoms with van der Waals surface area (Å²) < 4.78 is 5.23. The lowest BCUT2D eigenvalue weighted by Crippen LogP contribution is -2.37. The van der Waals surface area contributed by atoms with Gasteiger partial charge in [0.1, 0.15) is 11.3 Å². The van der Waals surface area contributed by atoms with Crippen LogP contribution in [0.2, 0.25) is 0 Å². The van der Waals surface area contributed by atoms with E-state index in [-0.39, 0.29) is 17.3 Å². The van der Waals surface area contributed by atoms with Gasteiger partial charge in [-0.15, -0.1) is 0 Å². The van der Waals surface area contributed by atoms with Crippen molar-refractivity contribution in [2.45, 2.75) is 25.8 Å². The number of nitro benzene ring substituents is 1. The van der Waals surface area contributed by atoms with Gasteiger partial charge in [0, 0.05) is 12.1 Å². The van der Waals surface area contributed by atoms with Crippen LogP contribution < -0.4 is 10.1 Å². The van der Waals surface area contributed by atoms with Crippen molar-refractivity contribution in [2.75, 3.05) is 26.7 Å². The Labute approximate surface area is 164 Å². The van der Waals surface area contributed by atoms with Gasteiger partial charge < -0.3 is 10.1 Å². The Morgan fingerprint density at radius 1 is 1.21 bits per heavy atom. The monoisotopic (exact) mass is 383 g/mol. The van der Waals surface area contributed by atoms with Crippen LogP contribution in [-0.4, -0.2) is 42.5 Å². The maximum atomic E-state index is 12.7. The molecule has 2 aromatic rings. The van der Waals surface area contributed by atoms with Crippen LogP contribution in [0.4, 0.5) is 5.69 Å². The van der Waals surface area contributed by atoms with Gasteiger partial charge in [0.25, 0.3) is 11.6 Å². The normalized spacial score (nSPS) is 15.2. The first-order chi connectivity index (χ1) is 13.5. The Morgan fingerprint density at radius 2 is 1.89 bits per heavy atom.